The molecule has 1 aromatic rings. The summed E-state index contributed by atoms with van der Waals surface area (Å²) in [6.45, 7) is 4.11. The molecule has 1 heterocycles. The lowest BCUT2D eigenvalue weighted by Gasteiger charge is -2.20. The number of carbonyl (C=O) groups excluding carboxylic acids is 1. The van der Waals surface area contributed by atoms with Gasteiger partial charge in [-0.15, -0.1) is 0 Å². The van der Waals surface area contributed by atoms with Crippen LogP contribution in [0, 0.1) is 6.92 Å². The molecule has 0 aromatic heterocycles. The van der Waals surface area contributed by atoms with Crippen molar-refractivity contribution in [2.75, 3.05) is 18.4 Å². The largest absolute Gasteiger partial charge is 0.478 e. The highest BCUT2D eigenvalue weighted by Gasteiger charge is 2.34. The zero-order valence-corrected chi connectivity index (χ0v) is 11.5. The Bertz CT molecular complexity index is 554. The lowest BCUT2D eigenvalue weighted by atomic mass is 10.1. The first-order valence-corrected chi connectivity index (χ1v) is 6.41. The molecule has 0 spiro atoms. The van der Waals surface area contributed by atoms with E-state index in [0.29, 0.717) is 24.2 Å². The molecule has 1 aliphatic heterocycles. The number of likely N-dealkylation sites (tertiary alicyclic amines) is 1. The summed E-state index contributed by atoms with van der Waals surface area (Å²) >= 11 is 0. The van der Waals surface area contributed by atoms with E-state index in [0.717, 1.165) is 0 Å². The van der Waals surface area contributed by atoms with Gasteiger partial charge >= 0.3 is 12.0 Å². The number of urea groups is 1. The van der Waals surface area contributed by atoms with Gasteiger partial charge in [0.2, 0.25) is 0 Å². The highest BCUT2D eigenvalue weighted by Crippen LogP contribution is 2.24. The van der Waals surface area contributed by atoms with Crippen LogP contribution in [0.15, 0.2) is 18.2 Å². The molecule has 0 aliphatic carbocycles. The Kier molecular flexibility index (Phi) is 3.67. The Hall–Kier alpha value is -2.08. The highest BCUT2D eigenvalue weighted by atomic mass is 16.4. The normalized spacial score (nSPS) is 21.9. The maximum atomic E-state index is 12.1. The van der Waals surface area contributed by atoms with Gasteiger partial charge in [0.25, 0.3) is 0 Å². The smallest absolute Gasteiger partial charge is 0.337 e. The molecule has 1 aliphatic rings. The van der Waals surface area contributed by atoms with E-state index in [1.807, 2.05) is 0 Å². The molecule has 2 amide bonds. The number of nitrogens with one attached hydrogen (secondary N) is 1. The summed E-state index contributed by atoms with van der Waals surface area (Å²) in [6, 6.07) is 4.43. The van der Waals surface area contributed by atoms with Crippen LogP contribution in [0.2, 0.25) is 0 Å². The summed E-state index contributed by atoms with van der Waals surface area (Å²) in [5.41, 5.74) is 0.170. The van der Waals surface area contributed by atoms with Gasteiger partial charge in [-0.25, -0.2) is 9.59 Å². The van der Waals surface area contributed by atoms with Crippen molar-refractivity contribution in [1.29, 1.82) is 0 Å². The van der Waals surface area contributed by atoms with E-state index >= 15 is 0 Å². The van der Waals surface area contributed by atoms with E-state index < -0.39 is 11.6 Å². The number of aryl methyl sites for hydroxylation is 1. The van der Waals surface area contributed by atoms with Crippen molar-refractivity contribution in [3.05, 3.63) is 29.3 Å². The summed E-state index contributed by atoms with van der Waals surface area (Å²) in [5.74, 6) is -1.09. The number of carbonyl (C=O) groups is 2. The monoisotopic (exact) mass is 278 g/mol. The van der Waals surface area contributed by atoms with E-state index in [1.165, 1.54) is 11.0 Å². The third-order valence-electron chi connectivity index (χ3n) is 3.47. The van der Waals surface area contributed by atoms with E-state index in [1.54, 1.807) is 26.0 Å². The van der Waals surface area contributed by atoms with E-state index in [4.69, 9.17) is 5.11 Å². The number of carboxylic acids is 1. The van der Waals surface area contributed by atoms with Gasteiger partial charge in [-0.3, -0.25) is 0 Å². The number of hydrogen-bond donors (Lipinski definition) is 3. The van der Waals surface area contributed by atoms with Gasteiger partial charge in [0, 0.05) is 6.54 Å². The standard InChI is InChI=1S/C14H18N2O4/c1-9-4-3-5-10(12(17)18)11(9)15-13(19)16-7-6-14(2,20)8-16/h3-5,20H,6-8H2,1-2H3,(H,15,19)(H,17,18). The number of nitrogens with zero attached hydrogens (tertiary/aromatic N) is 1. The Balaban J connectivity index is 2.18. The third kappa shape index (κ3) is 2.91. The predicted octanol–water partition coefficient (Wildman–Crippen LogP) is 1.68. The fourth-order valence-corrected chi connectivity index (χ4v) is 2.32. The minimum atomic E-state index is -1.09. The number of carboxylic acid groups (broad SMARTS) is 1. The van der Waals surface area contributed by atoms with Crippen molar-refractivity contribution in [2.45, 2.75) is 25.9 Å². The highest BCUT2D eigenvalue weighted by molar-refractivity contribution is 6.01. The van der Waals surface area contributed by atoms with Gasteiger partial charge in [0.1, 0.15) is 0 Å². The molecule has 20 heavy (non-hydrogen) atoms. The average molecular weight is 278 g/mol. The van der Waals surface area contributed by atoms with Crippen LogP contribution < -0.4 is 5.32 Å². The third-order valence-corrected chi connectivity index (χ3v) is 3.47. The lowest BCUT2D eigenvalue weighted by Crippen LogP contribution is -2.37. The van der Waals surface area contributed by atoms with Gasteiger partial charge in [-0.05, 0) is 31.9 Å². The Morgan fingerprint density at radius 1 is 1.40 bits per heavy atom. The van der Waals surface area contributed by atoms with Gasteiger partial charge in [0.05, 0.1) is 23.4 Å². The molecule has 0 saturated carbocycles. The molecule has 0 bridgehead atoms. The molecule has 6 heteroatoms. The molecule has 1 unspecified atom stereocenters. The summed E-state index contributed by atoms with van der Waals surface area (Å²) in [7, 11) is 0. The van der Waals surface area contributed by atoms with Gasteiger partial charge in [0.15, 0.2) is 0 Å². The molecule has 1 atom stereocenters. The molecular weight excluding hydrogens is 260 g/mol. The summed E-state index contributed by atoms with van der Waals surface area (Å²) < 4.78 is 0. The van der Waals surface area contributed by atoms with Crippen LogP contribution >= 0.6 is 0 Å². The minimum absolute atomic E-state index is 0.0595. The van der Waals surface area contributed by atoms with Crippen LogP contribution in [0.3, 0.4) is 0 Å². The van der Waals surface area contributed by atoms with Crippen LogP contribution in [-0.2, 0) is 0 Å². The second-order valence-electron chi connectivity index (χ2n) is 5.40. The second-order valence-corrected chi connectivity index (χ2v) is 5.40. The SMILES string of the molecule is Cc1cccc(C(=O)O)c1NC(=O)N1CCC(C)(O)C1. The minimum Gasteiger partial charge on any atom is -0.478 e. The van der Waals surface area contributed by atoms with Gasteiger partial charge in [-0.2, -0.15) is 0 Å². The lowest BCUT2D eigenvalue weighted by molar-refractivity contribution is 0.0695. The molecule has 2 rings (SSSR count). The van der Waals surface area contributed by atoms with Crippen molar-refractivity contribution in [3.63, 3.8) is 0 Å². The average Bonchev–Trinajstić information content (AvgIpc) is 2.72. The van der Waals surface area contributed by atoms with E-state index in [9.17, 15) is 14.7 Å². The van der Waals surface area contributed by atoms with Crippen molar-refractivity contribution >= 4 is 17.7 Å². The number of aromatic carboxylic acids is 1. The van der Waals surface area contributed by atoms with Crippen molar-refractivity contribution < 1.29 is 19.8 Å². The fourth-order valence-electron chi connectivity index (χ4n) is 2.32. The van der Waals surface area contributed by atoms with Crippen molar-refractivity contribution in [1.82, 2.24) is 4.90 Å². The van der Waals surface area contributed by atoms with Crippen LogP contribution in [0.1, 0.15) is 29.3 Å². The number of hydrogen-bond acceptors (Lipinski definition) is 3. The quantitative estimate of drug-likeness (QED) is 0.767. The van der Waals surface area contributed by atoms with Crippen LogP contribution in [0.25, 0.3) is 0 Å². The van der Waals surface area contributed by atoms with Crippen LogP contribution in [0.5, 0.6) is 0 Å². The molecular formula is C14H18N2O4. The Morgan fingerprint density at radius 2 is 2.10 bits per heavy atom. The first kappa shape index (κ1) is 14.3. The number of β-amino-alcohol motifs (C(OH)–C–C–N with tert-alkyl or cyclic N) is 1. The van der Waals surface area contributed by atoms with Gasteiger partial charge in [-0.1, -0.05) is 12.1 Å². The maximum absolute atomic E-state index is 12.1. The molecule has 1 saturated heterocycles. The number of rotatable bonds is 2. The number of para-hydroxylation sites is 1. The summed E-state index contributed by atoms with van der Waals surface area (Å²) in [4.78, 5) is 24.8. The molecule has 108 valence electrons. The molecule has 1 aromatic carbocycles. The first-order chi connectivity index (χ1) is 9.30. The molecule has 0 radical (unpaired) electrons. The predicted molar refractivity (Wildman–Crippen MR) is 74.0 cm³/mol. The number of anilines is 1. The summed E-state index contributed by atoms with van der Waals surface area (Å²) in [5, 5.41) is 21.6. The second kappa shape index (κ2) is 5.13. The van der Waals surface area contributed by atoms with Crippen LogP contribution in [0.4, 0.5) is 10.5 Å². The van der Waals surface area contributed by atoms with E-state index in [-0.39, 0.29) is 18.1 Å². The molecule has 6 nitrogen and oxygen atoms in total. The number of aliphatic hydroxyl groups is 1. The van der Waals surface area contributed by atoms with E-state index in [2.05, 4.69) is 5.32 Å². The maximum Gasteiger partial charge on any atom is 0.337 e. The zero-order valence-electron chi connectivity index (χ0n) is 11.5. The van der Waals surface area contributed by atoms with Gasteiger partial charge < -0.3 is 20.4 Å². The topological polar surface area (TPSA) is 89.9 Å². The van der Waals surface area contributed by atoms with Crippen molar-refractivity contribution in [2.24, 2.45) is 0 Å². The summed E-state index contributed by atoms with van der Waals surface area (Å²) in [6.07, 6.45) is 0.514. The fraction of sp³-hybridized carbons (Fsp3) is 0.429. The molecule has 1 fully saturated rings. The van der Waals surface area contributed by atoms with Crippen LogP contribution in [-0.4, -0.2) is 45.8 Å². The first-order valence-electron chi connectivity index (χ1n) is 6.41. The Labute approximate surface area is 117 Å². The Morgan fingerprint density at radius 3 is 2.65 bits per heavy atom. The number of amides is 2. The van der Waals surface area contributed by atoms with Crippen molar-refractivity contribution in [3.8, 4) is 0 Å². The zero-order chi connectivity index (χ0) is 14.9. The number of benzene rings is 1. The molecule has 3 N–H and O–H groups in total.